The number of hydrogen-bond donors (Lipinski definition) is 1. The molecule has 2 aliphatic heterocycles. The van der Waals surface area contributed by atoms with Crippen molar-refractivity contribution in [3.63, 3.8) is 0 Å². The van der Waals surface area contributed by atoms with Crippen LogP contribution in [0, 0.1) is 5.92 Å². The summed E-state index contributed by atoms with van der Waals surface area (Å²) >= 11 is 0. The molecule has 116 valence electrons. The molecule has 0 aliphatic carbocycles. The lowest BCUT2D eigenvalue weighted by Crippen LogP contribution is -2.38. The number of nitrogens with two attached hydrogens (primary N) is 1. The van der Waals surface area contributed by atoms with E-state index in [0.29, 0.717) is 25.2 Å². The lowest BCUT2D eigenvalue weighted by molar-refractivity contribution is -0.0803. The number of rotatable bonds is 5. The second-order valence-electron chi connectivity index (χ2n) is 5.98. The highest BCUT2D eigenvalue weighted by atomic mass is 16.6. The van der Waals surface area contributed by atoms with Crippen molar-refractivity contribution in [2.45, 2.75) is 18.6 Å². The van der Waals surface area contributed by atoms with E-state index in [0.717, 1.165) is 31.0 Å². The monoisotopic (exact) mass is 292 g/mol. The number of benzene rings is 1. The van der Waals surface area contributed by atoms with E-state index in [2.05, 4.69) is 24.1 Å². The number of methoxy groups -OCH3 is 1. The predicted octanol–water partition coefficient (Wildman–Crippen LogP) is 1.42. The Morgan fingerprint density at radius 2 is 2.14 bits per heavy atom. The molecule has 1 aromatic carbocycles. The van der Waals surface area contributed by atoms with Crippen molar-refractivity contribution in [3.8, 4) is 11.5 Å². The predicted molar refractivity (Wildman–Crippen MR) is 80.8 cm³/mol. The summed E-state index contributed by atoms with van der Waals surface area (Å²) in [5, 5.41) is 0. The van der Waals surface area contributed by atoms with E-state index in [1.165, 1.54) is 5.56 Å². The van der Waals surface area contributed by atoms with Crippen LogP contribution in [0.4, 0.5) is 0 Å². The van der Waals surface area contributed by atoms with Crippen molar-refractivity contribution in [2.24, 2.45) is 11.7 Å². The molecule has 0 radical (unpaired) electrons. The summed E-state index contributed by atoms with van der Waals surface area (Å²) in [6.45, 7) is 3.12. The van der Waals surface area contributed by atoms with Gasteiger partial charge in [0.25, 0.3) is 0 Å². The van der Waals surface area contributed by atoms with Crippen LogP contribution in [0.1, 0.15) is 18.0 Å². The van der Waals surface area contributed by atoms with E-state index >= 15 is 0 Å². The fraction of sp³-hybridized carbons (Fsp3) is 0.625. The summed E-state index contributed by atoms with van der Waals surface area (Å²) in [5.74, 6) is 2.17. The maximum atomic E-state index is 5.97. The van der Waals surface area contributed by atoms with E-state index in [-0.39, 0.29) is 6.10 Å². The number of ether oxygens (including phenoxy) is 3. The Bertz CT molecular complexity index is 490. The highest BCUT2D eigenvalue weighted by molar-refractivity contribution is 5.44. The van der Waals surface area contributed by atoms with Crippen LogP contribution in [0.5, 0.6) is 11.5 Å². The van der Waals surface area contributed by atoms with Gasteiger partial charge < -0.3 is 19.9 Å². The fourth-order valence-corrected chi connectivity index (χ4v) is 3.12. The first kappa shape index (κ1) is 14.6. The van der Waals surface area contributed by atoms with E-state index in [1.54, 1.807) is 7.11 Å². The highest BCUT2D eigenvalue weighted by Crippen LogP contribution is 2.38. The van der Waals surface area contributed by atoms with Gasteiger partial charge in [0.05, 0.1) is 20.3 Å². The SMILES string of the molecule is COc1ccc(C2CC(CN)CN2C)cc1OC1COC1. The van der Waals surface area contributed by atoms with Gasteiger partial charge in [0.1, 0.15) is 6.10 Å². The Balaban J connectivity index is 1.80. The first-order chi connectivity index (χ1) is 10.2. The molecule has 2 N–H and O–H groups in total. The largest absolute Gasteiger partial charge is 0.493 e. The van der Waals surface area contributed by atoms with Crippen LogP contribution in [0.25, 0.3) is 0 Å². The lowest BCUT2D eigenvalue weighted by Gasteiger charge is -2.28. The van der Waals surface area contributed by atoms with Crippen LogP contribution in [0.2, 0.25) is 0 Å². The van der Waals surface area contributed by atoms with Crippen LogP contribution in [0.3, 0.4) is 0 Å². The first-order valence-corrected chi connectivity index (χ1v) is 7.54. The molecule has 2 saturated heterocycles. The molecule has 1 aromatic rings. The Morgan fingerprint density at radius 3 is 2.71 bits per heavy atom. The van der Waals surface area contributed by atoms with Crippen molar-refractivity contribution in [1.82, 2.24) is 4.90 Å². The number of likely N-dealkylation sites (tertiary alicyclic amines) is 1. The molecule has 2 atom stereocenters. The van der Waals surface area contributed by atoms with Crippen LogP contribution >= 0.6 is 0 Å². The van der Waals surface area contributed by atoms with Crippen LogP contribution in [0.15, 0.2) is 18.2 Å². The standard InChI is InChI=1S/C16H24N2O3/c1-18-8-11(7-17)5-14(18)12-3-4-15(19-2)16(6-12)21-13-9-20-10-13/h3-4,6,11,13-14H,5,7-10,17H2,1-2H3. The molecule has 0 amide bonds. The molecule has 5 heteroatoms. The fourth-order valence-electron chi connectivity index (χ4n) is 3.12. The summed E-state index contributed by atoms with van der Waals surface area (Å²) in [7, 11) is 3.83. The van der Waals surface area contributed by atoms with E-state index < -0.39 is 0 Å². The first-order valence-electron chi connectivity index (χ1n) is 7.54. The quantitative estimate of drug-likeness (QED) is 0.889. The molecule has 2 heterocycles. The molecule has 21 heavy (non-hydrogen) atoms. The van der Waals surface area contributed by atoms with Gasteiger partial charge in [-0.25, -0.2) is 0 Å². The molecular formula is C16H24N2O3. The zero-order chi connectivity index (χ0) is 14.8. The van der Waals surface area contributed by atoms with Gasteiger partial charge in [-0.2, -0.15) is 0 Å². The summed E-state index contributed by atoms with van der Waals surface area (Å²) < 4.78 is 16.5. The molecule has 3 rings (SSSR count). The normalized spacial score (nSPS) is 26.6. The minimum absolute atomic E-state index is 0.146. The van der Waals surface area contributed by atoms with Crippen LogP contribution in [-0.4, -0.2) is 51.5 Å². The number of hydrogen-bond acceptors (Lipinski definition) is 5. The highest BCUT2D eigenvalue weighted by Gasteiger charge is 2.30. The van der Waals surface area contributed by atoms with Crippen molar-refractivity contribution in [3.05, 3.63) is 23.8 Å². The Labute approximate surface area is 126 Å². The Hall–Kier alpha value is -1.30. The Morgan fingerprint density at radius 1 is 1.33 bits per heavy atom. The summed E-state index contributed by atoms with van der Waals surface area (Å²) in [6, 6.07) is 6.64. The average Bonchev–Trinajstić information content (AvgIpc) is 2.84. The summed E-state index contributed by atoms with van der Waals surface area (Å²) in [4.78, 5) is 2.37. The minimum atomic E-state index is 0.146. The van der Waals surface area contributed by atoms with Crippen molar-refractivity contribution < 1.29 is 14.2 Å². The molecule has 0 aromatic heterocycles. The van der Waals surface area contributed by atoms with Crippen molar-refractivity contribution in [1.29, 1.82) is 0 Å². The van der Waals surface area contributed by atoms with Gasteiger partial charge in [0.15, 0.2) is 11.5 Å². The third-order valence-electron chi connectivity index (χ3n) is 4.44. The van der Waals surface area contributed by atoms with E-state index in [4.69, 9.17) is 19.9 Å². The number of nitrogens with zero attached hydrogens (tertiary/aromatic N) is 1. The molecule has 0 saturated carbocycles. The van der Waals surface area contributed by atoms with Gasteiger partial charge in [-0.05, 0) is 43.6 Å². The van der Waals surface area contributed by atoms with Crippen LogP contribution in [-0.2, 0) is 4.74 Å². The van der Waals surface area contributed by atoms with Gasteiger partial charge in [-0.3, -0.25) is 4.90 Å². The Kier molecular flexibility index (Phi) is 4.33. The van der Waals surface area contributed by atoms with Gasteiger partial charge in [-0.1, -0.05) is 6.07 Å². The maximum Gasteiger partial charge on any atom is 0.162 e. The lowest BCUT2D eigenvalue weighted by atomic mass is 9.99. The second kappa shape index (κ2) is 6.22. The van der Waals surface area contributed by atoms with Crippen molar-refractivity contribution >= 4 is 0 Å². The van der Waals surface area contributed by atoms with Gasteiger partial charge >= 0.3 is 0 Å². The van der Waals surface area contributed by atoms with E-state index in [1.807, 2.05) is 6.07 Å². The van der Waals surface area contributed by atoms with Gasteiger partial charge in [0.2, 0.25) is 0 Å². The summed E-state index contributed by atoms with van der Waals surface area (Å²) in [5.41, 5.74) is 7.09. The van der Waals surface area contributed by atoms with Gasteiger partial charge in [-0.15, -0.1) is 0 Å². The van der Waals surface area contributed by atoms with Crippen molar-refractivity contribution in [2.75, 3.05) is 40.5 Å². The zero-order valence-electron chi connectivity index (χ0n) is 12.7. The zero-order valence-corrected chi connectivity index (χ0v) is 12.7. The summed E-state index contributed by atoms with van der Waals surface area (Å²) in [6.07, 6.45) is 1.25. The second-order valence-corrected chi connectivity index (χ2v) is 5.98. The third-order valence-corrected chi connectivity index (χ3v) is 4.44. The smallest absolute Gasteiger partial charge is 0.162 e. The van der Waals surface area contributed by atoms with Gasteiger partial charge in [0, 0.05) is 12.6 Å². The molecule has 2 aliphatic rings. The molecule has 0 spiro atoms. The third kappa shape index (κ3) is 3.00. The maximum absolute atomic E-state index is 5.97. The molecular weight excluding hydrogens is 268 g/mol. The minimum Gasteiger partial charge on any atom is -0.493 e. The molecule has 2 unspecified atom stereocenters. The molecule has 2 fully saturated rings. The average molecular weight is 292 g/mol. The molecule has 0 bridgehead atoms. The van der Waals surface area contributed by atoms with E-state index in [9.17, 15) is 0 Å². The topological polar surface area (TPSA) is 57.0 Å². The molecule has 5 nitrogen and oxygen atoms in total. The van der Waals surface area contributed by atoms with Crippen LogP contribution < -0.4 is 15.2 Å².